The second kappa shape index (κ2) is 65.2. The average molecular weight is 3100 g/mol. The molecular weight excluding hydrogens is 3030 g/mol. The largest absolute Gasteiger partial charge is 0.512 e. The van der Waals surface area contributed by atoms with Crippen molar-refractivity contribution in [1.82, 2.24) is 39.9 Å². The summed E-state index contributed by atoms with van der Waals surface area (Å²) in [7, 11) is 0. The molecule has 0 unspecified atom stereocenters. The van der Waals surface area contributed by atoms with E-state index in [-0.39, 0.29) is 217 Å². The number of carbonyl (C=O) groups is 1. The molecule has 0 bridgehead atoms. The number of rotatable bonds is 14. The summed E-state index contributed by atoms with van der Waals surface area (Å²) in [6, 6.07) is 108. The van der Waals surface area contributed by atoms with E-state index in [0.717, 1.165) is 92.6 Å². The number of aliphatic hydroxyl groups is 3. The quantitative estimate of drug-likeness (QED) is 0.0406. The van der Waals surface area contributed by atoms with E-state index in [4.69, 9.17) is 15.3 Å². The second-order valence-electron chi connectivity index (χ2n) is 27.3. The molecular formula is C108H75F11Ir7N8O4-8. The molecule has 0 spiro atoms. The molecule has 10 aromatic carbocycles. The molecule has 0 aliphatic carbocycles. The molecule has 8 heterocycles. The van der Waals surface area contributed by atoms with Gasteiger partial charge in [0.25, 0.3) is 0 Å². The minimum atomic E-state index is -0.720. The molecule has 719 valence electrons. The van der Waals surface area contributed by atoms with Gasteiger partial charge in [-0.25, -0.2) is 0 Å². The first-order chi connectivity index (χ1) is 63.6. The van der Waals surface area contributed by atoms with Crippen molar-refractivity contribution >= 4 is 5.78 Å². The molecule has 7 radical (unpaired) electrons. The summed E-state index contributed by atoms with van der Waals surface area (Å²) in [5.41, 5.74) is 14.5. The number of ketones is 1. The van der Waals surface area contributed by atoms with Gasteiger partial charge in [-0.05, 0) is 136 Å². The van der Waals surface area contributed by atoms with Gasteiger partial charge in [0.15, 0.2) is 5.78 Å². The smallest absolute Gasteiger partial charge is 0.155 e. The Bertz CT molecular complexity index is 6240. The number of allylic oxidation sites excluding steroid dienone is 2. The Morgan fingerprint density at radius 3 is 0.783 bits per heavy atom. The first kappa shape index (κ1) is 120. The predicted octanol–water partition coefficient (Wildman–Crippen LogP) is 25.1. The monoisotopic (exact) mass is 3110 g/mol. The van der Waals surface area contributed by atoms with Gasteiger partial charge in [0.05, 0.1) is 19.0 Å². The molecule has 0 atom stereocenters. The Balaban J connectivity index is 0.000000403. The molecule has 0 aliphatic heterocycles. The number of hydrogen-bond donors (Lipinski definition) is 3. The van der Waals surface area contributed by atoms with E-state index in [1.807, 2.05) is 72.8 Å². The van der Waals surface area contributed by atoms with E-state index in [0.29, 0.717) is 33.9 Å². The standard InChI is InChI=1S/C24H17FN.C12H8F2NO.C12H9FNO.2C11H6F2N.3C11H7FN.C5H8O2.7Ir/c25-22-13-11-18(12-14-22)23-17-21(15-16-26-23)24(19-7-3-1-4-8-19)20-9-5-2-6-10-20;13-9-1-2-10(11(14)6-9)12-5-8(7-16)3-4-15-12;13-11-3-1-10(2-4-11)12-7-9(8-15)5-6-14-12;2*12-8-4-5-9(10(13)7-8)11-3-1-2-6-14-11;3*12-10-6-4-9(5-7-10)11-3-1-2-8-13-11;1-4(6)3-5(2)7;;;;;;;/h1-11,13-17,24H;1,3-6,16H,7H2;1,3-7,15H,8H2;2*1-4,6-7H;3*1-4,6-8H;3,6H,1-2H3;;;;;;;/q8*-1;;;;;;;;. The number of nitrogens with zero attached hydrogens (tertiary/aromatic N) is 8. The van der Waals surface area contributed by atoms with Crippen LogP contribution in [0.5, 0.6) is 0 Å². The Kier molecular flexibility index (Phi) is 56.9. The Hall–Kier alpha value is -11.7. The van der Waals surface area contributed by atoms with Crippen LogP contribution < -0.4 is 0 Å². The van der Waals surface area contributed by atoms with Gasteiger partial charge in [0.2, 0.25) is 0 Å². The number of hydrogen-bond acceptors (Lipinski definition) is 12. The Labute approximate surface area is 886 Å². The van der Waals surface area contributed by atoms with Crippen molar-refractivity contribution in [3.63, 3.8) is 0 Å². The van der Waals surface area contributed by atoms with Crippen LogP contribution in [0.25, 0.3) is 90.1 Å². The van der Waals surface area contributed by atoms with Gasteiger partial charge in [-0.3, -0.25) is 53.1 Å². The van der Waals surface area contributed by atoms with Crippen LogP contribution in [-0.2, 0) is 159 Å². The van der Waals surface area contributed by atoms with Crippen molar-refractivity contribution in [2.24, 2.45) is 0 Å². The summed E-state index contributed by atoms with van der Waals surface area (Å²) in [6.07, 6.45) is 14.2. The van der Waals surface area contributed by atoms with E-state index in [9.17, 15) is 53.1 Å². The molecule has 12 nitrogen and oxygen atoms in total. The molecule has 0 saturated carbocycles. The number of halogens is 11. The van der Waals surface area contributed by atoms with Crippen molar-refractivity contribution < 1.29 is 209 Å². The third-order valence-electron chi connectivity index (χ3n) is 17.7. The van der Waals surface area contributed by atoms with E-state index < -0.39 is 34.9 Å². The molecule has 18 aromatic rings. The molecule has 18 rings (SSSR count). The van der Waals surface area contributed by atoms with Crippen molar-refractivity contribution in [3.8, 4) is 90.1 Å². The van der Waals surface area contributed by atoms with Crippen LogP contribution in [0, 0.1) is 113 Å². The van der Waals surface area contributed by atoms with E-state index >= 15 is 0 Å². The van der Waals surface area contributed by atoms with Gasteiger partial charge < -0.3 is 55.2 Å². The van der Waals surface area contributed by atoms with Crippen LogP contribution in [-0.4, -0.2) is 61.0 Å². The summed E-state index contributed by atoms with van der Waals surface area (Å²) < 4.78 is 141. The van der Waals surface area contributed by atoms with Gasteiger partial charge >= 0.3 is 0 Å². The summed E-state index contributed by atoms with van der Waals surface area (Å²) in [6.45, 7) is 2.66. The Morgan fingerprint density at radius 2 is 0.522 bits per heavy atom. The fraction of sp³-hybridized carbons (Fsp3) is 0.0463. The number of pyridine rings is 8. The number of aromatic nitrogens is 8. The average Bonchev–Trinajstić information content (AvgIpc) is 0.799. The van der Waals surface area contributed by atoms with Crippen molar-refractivity contribution in [2.45, 2.75) is 33.0 Å². The van der Waals surface area contributed by atoms with Gasteiger partial charge in [0, 0.05) is 266 Å². The predicted molar refractivity (Wildman–Crippen MR) is 480 cm³/mol. The van der Waals surface area contributed by atoms with Crippen LogP contribution in [0.2, 0.25) is 0 Å². The maximum absolute atomic E-state index is 13.4. The van der Waals surface area contributed by atoms with E-state index in [2.05, 4.69) is 143 Å². The maximum Gasteiger partial charge on any atom is 0.155 e. The number of carbonyl (C=O) groups excluding carboxylic acids is 1. The SMILES string of the molecule is CC(=O)C=C(C)O.Fc1c[c-]c(-c2cc(C(c3ccccc3)c3ccccc3)ccn2)cc1.Fc1c[c-]c(-c2ccccn2)c(F)c1.Fc1c[c-]c(-c2ccccn2)c(F)c1.Fc1c[c-]c(-c2ccccn2)cc1.Fc1c[c-]c(-c2ccccn2)cc1.Fc1c[c-]c(-c2ccccn2)cc1.OCc1ccnc(-c2[c-]cc(F)cc2)c1.OCc1ccnc(-c2[c-]cc(F)cc2F)c1.[Ir].[Ir].[Ir].[Ir].[Ir].[Ir].[Ir]. The van der Waals surface area contributed by atoms with Crippen molar-refractivity contribution in [2.75, 3.05) is 0 Å². The molecule has 0 saturated heterocycles. The molecule has 8 aromatic heterocycles. The number of benzene rings is 10. The molecule has 0 amide bonds. The summed E-state index contributed by atoms with van der Waals surface area (Å²) in [5, 5.41) is 26.2. The molecule has 30 heteroatoms. The summed E-state index contributed by atoms with van der Waals surface area (Å²) in [5.74, 6) is -5.38. The van der Waals surface area contributed by atoms with Gasteiger partial charge in [-0.15, -0.1) is 186 Å². The zero-order chi connectivity index (χ0) is 93.1. The number of aliphatic hydroxyl groups excluding tert-OH is 3. The zero-order valence-corrected chi connectivity index (χ0v) is 88.8. The third kappa shape index (κ3) is 40.8. The molecule has 138 heavy (non-hydrogen) atoms. The second-order valence-corrected chi connectivity index (χ2v) is 27.3. The fourth-order valence-electron chi connectivity index (χ4n) is 11.7. The minimum absolute atomic E-state index is 0. The fourth-order valence-corrected chi connectivity index (χ4v) is 11.7. The van der Waals surface area contributed by atoms with Crippen LogP contribution in [0.3, 0.4) is 0 Å². The first-order valence-electron chi connectivity index (χ1n) is 39.7. The third-order valence-corrected chi connectivity index (χ3v) is 17.7. The topological polar surface area (TPSA) is 181 Å². The Morgan fingerprint density at radius 1 is 0.268 bits per heavy atom. The van der Waals surface area contributed by atoms with Gasteiger partial charge in [0.1, 0.15) is 0 Å². The summed E-state index contributed by atoms with van der Waals surface area (Å²) in [4.78, 5) is 42.8. The van der Waals surface area contributed by atoms with Gasteiger partial charge in [-0.2, -0.15) is 0 Å². The minimum Gasteiger partial charge on any atom is -0.512 e. The molecule has 0 fully saturated rings. The van der Waals surface area contributed by atoms with E-state index in [1.165, 1.54) is 104 Å². The molecule has 0 aliphatic rings. The van der Waals surface area contributed by atoms with E-state index in [1.54, 1.807) is 128 Å². The van der Waals surface area contributed by atoms with Crippen molar-refractivity contribution in [3.05, 3.63) is 517 Å². The van der Waals surface area contributed by atoms with Crippen LogP contribution in [0.15, 0.2) is 377 Å². The molecule has 3 N–H and O–H groups in total. The van der Waals surface area contributed by atoms with Crippen LogP contribution >= 0.6 is 0 Å². The van der Waals surface area contributed by atoms with Gasteiger partial charge in [-0.1, -0.05) is 174 Å². The van der Waals surface area contributed by atoms with Crippen molar-refractivity contribution in [1.29, 1.82) is 0 Å². The zero-order valence-electron chi connectivity index (χ0n) is 72.0. The normalized spacial score (nSPS) is 9.81. The maximum atomic E-state index is 13.4. The van der Waals surface area contributed by atoms with Crippen LogP contribution in [0.1, 0.15) is 47.6 Å². The van der Waals surface area contributed by atoms with Crippen LogP contribution in [0.4, 0.5) is 48.3 Å². The first-order valence-corrected chi connectivity index (χ1v) is 39.7. The summed E-state index contributed by atoms with van der Waals surface area (Å²) >= 11 is 0.